The largest absolute Gasteiger partial charge is 0.379 e. The summed E-state index contributed by atoms with van der Waals surface area (Å²) in [5, 5.41) is 3.67. The third kappa shape index (κ3) is 5.98. The molecule has 23 heavy (non-hydrogen) atoms. The van der Waals surface area contributed by atoms with E-state index in [0.717, 1.165) is 31.9 Å². The normalized spacial score (nSPS) is 17.6. The molecule has 0 spiro atoms. The Bertz CT molecular complexity index is 540. The van der Waals surface area contributed by atoms with Crippen molar-refractivity contribution in [2.24, 2.45) is 5.92 Å². The SMILES string of the molecule is CC(C)C(CNC(=O)/C=C/c1cccc(Cl)c1)N1CCOCC1. The Morgan fingerprint density at radius 1 is 1.39 bits per heavy atom. The lowest BCUT2D eigenvalue weighted by molar-refractivity contribution is -0.116. The lowest BCUT2D eigenvalue weighted by atomic mass is 10.0. The maximum atomic E-state index is 12.0. The lowest BCUT2D eigenvalue weighted by Crippen LogP contribution is -2.51. The van der Waals surface area contributed by atoms with Crippen molar-refractivity contribution in [3.05, 3.63) is 40.9 Å². The number of benzene rings is 1. The Morgan fingerprint density at radius 2 is 2.13 bits per heavy atom. The van der Waals surface area contributed by atoms with Crippen LogP contribution in [0.15, 0.2) is 30.3 Å². The van der Waals surface area contributed by atoms with Crippen molar-refractivity contribution in [3.8, 4) is 0 Å². The van der Waals surface area contributed by atoms with Crippen molar-refractivity contribution in [2.75, 3.05) is 32.8 Å². The third-order valence-corrected chi connectivity index (χ3v) is 4.28. The van der Waals surface area contributed by atoms with Gasteiger partial charge in [0.1, 0.15) is 0 Å². The minimum absolute atomic E-state index is 0.0797. The number of hydrogen-bond donors (Lipinski definition) is 1. The molecule has 126 valence electrons. The van der Waals surface area contributed by atoms with Crippen LogP contribution in [0.1, 0.15) is 19.4 Å². The molecule has 0 radical (unpaired) electrons. The number of amides is 1. The molecule has 1 aliphatic rings. The molecule has 0 aliphatic carbocycles. The van der Waals surface area contributed by atoms with Crippen LogP contribution in [0.25, 0.3) is 6.08 Å². The summed E-state index contributed by atoms with van der Waals surface area (Å²) in [4.78, 5) is 14.4. The Hall–Kier alpha value is -1.36. The van der Waals surface area contributed by atoms with Gasteiger partial charge in [0.25, 0.3) is 0 Å². The van der Waals surface area contributed by atoms with Crippen LogP contribution in [0.5, 0.6) is 0 Å². The van der Waals surface area contributed by atoms with Crippen LogP contribution in [-0.4, -0.2) is 49.7 Å². The number of halogens is 1. The van der Waals surface area contributed by atoms with Crippen LogP contribution in [0.3, 0.4) is 0 Å². The van der Waals surface area contributed by atoms with Gasteiger partial charge < -0.3 is 10.1 Å². The van der Waals surface area contributed by atoms with Gasteiger partial charge in [0.15, 0.2) is 0 Å². The average molecular weight is 337 g/mol. The molecule has 1 N–H and O–H groups in total. The van der Waals surface area contributed by atoms with Crippen LogP contribution in [-0.2, 0) is 9.53 Å². The van der Waals surface area contributed by atoms with E-state index in [0.29, 0.717) is 23.5 Å². The van der Waals surface area contributed by atoms with Crippen molar-refractivity contribution < 1.29 is 9.53 Å². The van der Waals surface area contributed by atoms with E-state index in [9.17, 15) is 4.79 Å². The van der Waals surface area contributed by atoms with Gasteiger partial charge in [0.05, 0.1) is 13.2 Å². The molecule has 1 aliphatic heterocycles. The monoisotopic (exact) mass is 336 g/mol. The Balaban J connectivity index is 1.86. The number of carbonyl (C=O) groups is 1. The molecule has 0 saturated carbocycles. The summed E-state index contributed by atoms with van der Waals surface area (Å²) in [5.41, 5.74) is 0.918. The molecular formula is C18H25ClN2O2. The van der Waals surface area contributed by atoms with Gasteiger partial charge >= 0.3 is 0 Å². The molecule has 1 saturated heterocycles. The van der Waals surface area contributed by atoms with Crippen molar-refractivity contribution >= 4 is 23.6 Å². The molecule has 2 rings (SSSR count). The van der Waals surface area contributed by atoms with E-state index in [2.05, 4.69) is 24.1 Å². The van der Waals surface area contributed by atoms with E-state index in [-0.39, 0.29) is 5.91 Å². The maximum Gasteiger partial charge on any atom is 0.244 e. The first kappa shape index (κ1) is 18.0. The first-order valence-corrected chi connectivity index (χ1v) is 8.47. The molecule has 1 unspecified atom stereocenters. The summed E-state index contributed by atoms with van der Waals surface area (Å²) in [6.07, 6.45) is 3.34. The molecule has 1 fully saturated rings. The van der Waals surface area contributed by atoms with Crippen molar-refractivity contribution in [1.29, 1.82) is 0 Å². The highest BCUT2D eigenvalue weighted by atomic mass is 35.5. The highest BCUT2D eigenvalue weighted by Crippen LogP contribution is 2.13. The van der Waals surface area contributed by atoms with Crippen LogP contribution >= 0.6 is 11.6 Å². The summed E-state index contributed by atoms with van der Waals surface area (Å²) >= 11 is 5.93. The minimum Gasteiger partial charge on any atom is -0.379 e. The fourth-order valence-corrected chi connectivity index (χ4v) is 2.94. The molecule has 4 nitrogen and oxygen atoms in total. The smallest absolute Gasteiger partial charge is 0.244 e. The molecule has 1 aromatic rings. The molecular weight excluding hydrogens is 312 g/mol. The summed E-state index contributed by atoms with van der Waals surface area (Å²) in [7, 11) is 0. The number of nitrogens with one attached hydrogen (secondary N) is 1. The van der Waals surface area contributed by atoms with Gasteiger partial charge in [-0.05, 0) is 29.7 Å². The molecule has 5 heteroatoms. The van der Waals surface area contributed by atoms with Crippen LogP contribution in [0, 0.1) is 5.92 Å². The first-order chi connectivity index (χ1) is 11.1. The van der Waals surface area contributed by atoms with Gasteiger partial charge in [0.2, 0.25) is 5.91 Å². The molecule has 1 aromatic carbocycles. The summed E-state index contributed by atoms with van der Waals surface area (Å²) < 4.78 is 5.40. The summed E-state index contributed by atoms with van der Waals surface area (Å²) in [6, 6.07) is 7.76. The third-order valence-electron chi connectivity index (χ3n) is 4.05. The molecule has 1 heterocycles. The van der Waals surface area contributed by atoms with E-state index in [1.165, 1.54) is 0 Å². The molecule has 1 atom stereocenters. The maximum absolute atomic E-state index is 12.0. The second kappa shape index (κ2) is 9.06. The van der Waals surface area contributed by atoms with Gasteiger partial charge in [-0.25, -0.2) is 0 Å². The predicted molar refractivity (Wildman–Crippen MR) is 94.5 cm³/mol. The Labute approximate surface area is 143 Å². The zero-order valence-electron chi connectivity index (χ0n) is 13.8. The number of hydrogen-bond acceptors (Lipinski definition) is 3. The topological polar surface area (TPSA) is 41.6 Å². The van der Waals surface area contributed by atoms with Gasteiger partial charge in [-0.3, -0.25) is 9.69 Å². The highest BCUT2D eigenvalue weighted by molar-refractivity contribution is 6.30. The van der Waals surface area contributed by atoms with E-state index in [4.69, 9.17) is 16.3 Å². The number of morpholine rings is 1. The standard InChI is InChI=1S/C18H25ClN2O2/c1-14(2)17(21-8-10-23-11-9-21)13-20-18(22)7-6-15-4-3-5-16(19)12-15/h3-7,12,14,17H,8-11,13H2,1-2H3,(H,20,22)/b7-6+. The van der Waals surface area contributed by atoms with Crippen molar-refractivity contribution in [1.82, 2.24) is 10.2 Å². The van der Waals surface area contributed by atoms with E-state index < -0.39 is 0 Å². The van der Waals surface area contributed by atoms with Gasteiger partial charge in [0, 0.05) is 36.8 Å². The molecule has 0 aromatic heterocycles. The van der Waals surface area contributed by atoms with E-state index in [1.807, 2.05) is 24.3 Å². The van der Waals surface area contributed by atoms with Crippen molar-refractivity contribution in [3.63, 3.8) is 0 Å². The van der Waals surface area contributed by atoms with Crippen molar-refractivity contribution in [2.45, 2.75) is 19.9 Å². The second-order valence-corrected chi connectivity index (χ2v) is 6.53. The quantitative estimate of drug-likeness (QED) is 0.812. The van der Waals surface area contributed by atoms with Crippen LogP contribution < -0.4 is 5.32 Å². The first-order valence-electron chi connectivity index (χ1n) is 8.09. The van der Waals surface area contributed by atoms with E-state index >= 15 is 0 Å². The van der Waals surface area contributed by atoms with Crippen LogP contribution in [0.2, 0.25) is 5.02 Å². The van der Waals surface area contributed by atoms with E-state index in [1.54, 1.807) is 12.2 Å². The van der Waals surface area contributed by atoms with Gasteiger partial charge in [-0.15, -0.1) is 0 Å². The average Bonchev–Trinajstić information content (AvgIpc) is 2.54. The number of rotatable bonds is 6. The zero-order valence-corrected chi connectivity index (χ0v) is 14.6. The van der Waals surface area contributed by atoms with Gasteiger partial charge in [-0.2, -0.15) is 0 Å². The Kier molecular flexibility index (Phi) is 7.09. The highest BCUT2D eigenvalue weighted by Gasteiger charge is 2.23. The predicted octanol–water partition coefficient (Wildman–Crippen LogP) is 2.83. The summed E-state index contributed by atoms with van der Waals surface area (Å²) in [6.45, 7) is 8.42. The second-order valence-electron chi connectivity index (χ2n) is 6.09. The molecule has 0 bridgehead atoms. The zero-order chi connectivity index (χ0) is 16.7. The number of ether oxygens (including phenoxy) is 1. The minimum atomic E-state index is -0.0797. The fraction of sp³-hybridized carbons (Fsp3) is 0.500. The summed E-state index contributed by atoms with van der Waals surface area (Å²) in [5.74, 6) is 0.397. The van der Waals surface area contributed by atoms with Crippen LogP contribution in [0.4, 0.5) is 0 Å². The number of nitrogens with zero attached hydrogens (tertiary/aromatic N) is 1. The fourth-order valence-electron chi connectivity index (χ4n) is 2.74. The van der Waals surface area contributed by atoms with Gasteiger partial charge in [-0.1, -0.05) is 37.6 Å². The molecule has 1 amide bonds. The Morgan fingerprint density at radius 3 is 2.78 bits per heavy atom. The number of carbonyl (C=O) groups excluding carboxylic acids is 1. The lowest BCUT2D eigenvalue weighted by Gasteiger charge is -2.36.